The van der Waals surface area contributed by atoms with Gasteiger partial charge in [0.2, 0.25) is 5.91 Å². The van der Waals surface area contributed by atoms with E-state index in [0.717, 1.165) is 0 Å². The predicted molar refractivity (Wildman–Crippen MR) is 40.7 cm³/mol. The normalized spacial score (nSPS) is 22.6. The average Bonchev–Trinajstić information content (AvgIpc) is 1.95. The van der Waals surface area contributed by atoms with Gasteiger partial charge in [0.25, 0.3) is 0 Å². The minimum atomic E-state index is -0.890. The molecule has 0 spiro atoms. The zero-order chi connectivity index (χ0) is 8.65. The molecule has 0 unspecified atom stereocenters. The first-order chi connectivity index (χ1) is 4.96. The maximum Gasteiger partial charge on any atom is 0.237 e. The molecule has 0 aromatic carbocycles. The number of rotatable bonds is 0. The highest BCUT2D eigenvalue weighted by Crippen LogP contribution is 2.23. The predicted octanol–water partition coefficient (Wildman–Crippen LogP) is 0.615. The van der Waals surface area contributed by atoms with Gasteiger partial charge in [-0.25, -0.2) is 0 Å². The van der Waals surface area contributed by atoms with Crippen LogP contribution < -0.4 is 5.32 Å². The Balaban J connectivity index is 3.09. The van der Waals surface area contributed by atoms with Gasteiger partial charge in [0.15, 0.2) is 5.78 Å². The maximum absolute atomic E-state index is 11.3. The second-order valence-electron chi connectivity index (χ2n) is 3.25. The van der Waals surface area contributed by atoms with Crippen molar-refractivity contribution in [3.63, 3.8) is 0 Å². The Morgan fingerprint density at radius 3 is 2.36 bits per heavy atom. The fourth-order valence-corrected chi connectivity index (χ4v) is 1.02. The standard InChI is InChI=1S/C8H11NO2/c1-5-4-9-7(11)8(2,3)6(5)10/h4H,1-3H3,(H,9,11). The molecule has 0 aliphatic carbocycles. The van der Waals surface area contributed by atoms with Crippen molar-refractivity contribution in [3.05, 3.63) is 11.8 Å². The van der Waals surface area contributed by atoms with Crippen molar-refractivity contribution in [1.29, 1.82) is 0 Å². The van der Waals surface area contributed by atoms with Gasteiger partial charge in [-0.2, -0.15) is 0 Å². The van der Waals surface area contributed by atoms with Crippen molar-refractivity contribution in [2.24, 2.45) is 5.41 Å². The van der Waals surface area contributed by atoms with Crippen molar-refractivity contribution < 1.29 is 9.59 Å². The summed E-state index contributed by atoms with van der Waals surface area (Å²) in [6.45, 7) is 4.95. The number of carbonyl (C=O) groups is 2. The Labute approximate surface area is 65.5 Å². The molecule has 0 saturated carbocycles. The van der Waals surface area contributed by atoms with E-state index in [1.165, 1.54) is 6.20 Å². The van der Waals surface area contributed by atoms with Crippen LogP contribution in [-0.2, 0) is 9.59 Å². The van der Waals surface area contributed by atoms with E-state index < -0.39 is 5.41 Å². The van der Waals surface area contributed by atoms with Crippen molar-refractivity contribution >= 4 is 11.7 Å². The van der Waals surface area contributed by atoms with E-state index >= 15 is 0 Å². The molecule has 1 aliphatic rings. The lowest BCUT2D eigenvalue weighted by molar-refractivity contribution is -0.138. The third kappa shape index (κ3) is 1.06. The lowest BCUT2D eigenvalue weighted by atomic mass is 9.82. The van der Waals surface area contributed by atoms with Crippen molar-refractivity contribution in [1.82, 2.24) is 5.32 Å². The summed E-state index contributed by atoms with van der Waals surface area (Å²) in [6.07, 6.45) is 1.45. The number of nitrogens with one attached hydrogen (secondary N) is 1. The fraction of sp³-hybridized carbons (Fsp3) is 0.500. The van der Waals surface area contributed by atoms with E-state index in [-0.39, 0.29) is 11.7 Å². The Morgan fingerprint density at radius 2 is 1.91 bits per heavy atom. The summed E-state index contributed by atoms with van der Waals surface area (Å²) < 4.78 is 0. The monoisotopic (exact) mass is 153 g/mol. The molecule has 3 heteroatoms. The lowest BCUT2D eigenvalue weighted by Gasteiger charge is -2.25. The van der Waals surface area contributed by atoms with Crippen LogP contribution in [0.4, 0.5) is 0 Å². The number of allylic oxidation sites excluding steroid dienone is 1. The average molecular weight is 153 g/mol. The van der Waals surface area contributed by atoms with E-state index in [2.05, 4.69) is 5.32 Å². The molecule has 11 heavy (non-hydrogen) atoms. The number of hydrogen-bond acceptors (Lipinski definition) is 2. The van der Waals surface area contributed by atoms with Gasteiger partial charge in [0.1, 0.15) is 5.41 Å². The van der Waals surface area contributed by atoms with Gasteiger partial charge in [0, 0.05) is 11.8 Å². The van der Waals surface area contributed by atoms with Crippen LogP contribution in [-0.4, -0.2) is 11.7 Å². The van der Waals surface area contributed by atoms with Crippen LogP contribution in [0.3, 0.4) is 0 Å². The second kappa shape index (κ2) is 2.19. The first-order valence-corrected chi connectivity index (χ1v) is 3.49. The lowest BCUT2D eigenvalue weighted by Crippen LogP contribution is -2.44. The molecule has 1 N–H and O–H groups in total. The second-order valence-corrected chi connectivity index (χ2v) is 3.25. The van der Waals surface area contributed by atoms with Gasteiger partial charge in [-0.3, -0.25) is 9.59 Å². The molecule has 0 aromatic rings. The molecular weight excluding hydrogens is 142 g/mol. The third-order valence-corrected chi connectivity index (χ3v) is 1.91. The van der Waals surface area contributed by atoms with E-state index in [4.69, 9.17) is 0 Å². The van der Waals surface area contributed by atoms with Crippen molar-refractivity contribution in [3.8, 4) is 0 Å². The molecule has 0 bridgehead atoms. The molecule has 60 valence electrons. The molecule has 0 aromatic heterocycles. The molecular formula is C8H11NO2. The van der Waals surface area contributed by atoms with Gasteiger partial charge in [-0.1, -0.05) is 0 Å². The van der Waals surface area contributed by atoms with Crippen LogP contribution in [0.15, 0.2) is 11.8 Å². The quantitative estimate of drug-likeness (QED) is 0.518. The molecule has 0 saturated heterocycles. The SMILES string of the molecule is CC1=CNC(=O)C(C)(C)C1=O. The highest BCUT2D eigenvalue weighted by Gasteiger charge is 2.38. The largest absolute Gasteiger partial charge is 0.331 e. The summed E-state index contributed by atoms with van der Waals surface area (Å²) in [5.74, 6) is -0.325. The highest BCUT2D eigenvalue weighted by molar-refractivity contribution is 6.15. The third-order valence-electron chi connectivity index (χ3n) is 1.91. The van der Waals surface area contributed by atoms with Crippen LogP contribution in [0.5, 0.6) is 0 Å². The molecule has 0 fully saturated rings. The first kappa shape index (κ1) is 7.98. The first-order valence-electron chi connectivity index (χ1n) is 3.49. The maximum atomic E-state index is 11.3. The number of amides is 1. The highest BCUT2D eigenvalue weighted by atomic mass is 16.2. The van der Waals surface area contributed by atoms with Gasteiger partial charge in [-0.05, 0) is 20.8 Å². The molecule has 1 heterocycles. The summed E-state index contributed by atoms with van der Waals surface area (Å²) in [6, 6.07) is 0. The summed E-state index contributed by atoms with van der Waals surface area (Å²) >= 11 is 0. The van der Waals surface area contributed by atoms with Crippen molar-refractivity contribution in [2.75, 3.05) is 0 Å². The number of Topliss-reactive ketones (excluding diaryl/α,β-unsaturated/α-hetero) is 1. The number of ketones is 1. The van der Waals surface area contributed by atoms with Crippen LogP contribution in [0.1, 0.15) is 20.8 Å². The van der Waals surface area contributed by atoms with Crippen LogP contribution in [0.25, 0.3) is 0 Å². The Hall–Kier alpha value is -1.12. The molecule has 1 aliphatic heterocycles. The molecule has 1 amide bonds. The van der Waals surface area contributed by atoms with Gasteiger partial charge < -0.3 is 5.32 Å². The summed E-state index contributed by atoms with van der Waals surface area (Å²) in [5, 5.41) is 2.53. The summed E-state index contributed by atoms with van der Waals surface area (Å²) in [4.78, 5) is 22.4. The van der Waals surface area contributed by atoms with Gasteiger partial charge in [0.05, 0.1) is 0 Å². The zero-order valence-corrected chi connectivity index (χ0v) is 6.89. The Bertz CT molecular complexity index is 251. The summed E-state index contributed by atoms with van der Waals surface area (Å²) in [5.41, 5.74) is -0.284. The minimum absolute atomic E-state index is 0.0961. The Kier molecular flexibility index (Phi) is 1.59. The number of carbonyl (C=O) groups excluding carboxylic acids is 2. The van der Waals surface area contributed by atoms with Gasteiger partial charge >= 0.3 is 0 Å². The van der Waals surface area contributed by atoms with E-state index in [1.807, 2.05) is 0 Å². The summed E-state index contributed by atoms with van der Waals surface area (Å²) in [7, 11) is 0. The van der Waals surface area contributed by atoms with E-state index in [0.29, 0.717) is 5.57 Å². The van der Waals surface area contributed by atoms with Crippen LogP contribution >= 0.6 is 0 Å². The Morgan fingerprint density at radius 1 is 1.36 bits per heavy atom. The minimum Gasteiger partial charge on any atom is -0.331 e. The molecule has 3 nitrogen and oxygen atoms in total. The van der Waals surface area contributed by atoms with E-state index in [9.17, 15) is 9.59 Å². The molecule has 1 rings (SSSR count). The van der Waals surface area contributed by atoms with Crippen LogP contribution in [0.2, 0.25) is 0 Å². The van der Waals surface area contributed by atoms with E-state index in [1.54, 1.807) is 20.8 Å². The number of hydrogen-bond donors (Lipinski definition) is 1. The van der Waals surface area contributed by atoms with Gasteiger partial charge in [-0.15, -0.1) is 0 Å². The smallest absolute Gasteiger partial charge is 0.237 e. The molecule has 0 radical (unpaired) electrons. The zero-order valence-electron chi connectivity index (χ0n) is 6.89. The van der Waals surface area contributed by atoms with Crippen LogP contribution in [0, 0.1) is 5.41 Å². The topological polar surface area (TPSA) is 46.2 Å². The molecule has 0 atom stereocenters. The fourth-order valence-electron chi connectivity index (χ4n) is 1.02. The van der Waals surface area contributed by atoms with Crippen molar-refractivity contribution in [2.45, 2.75) is 20.8 Å².